The van der Waals surface area contributed by atoms with E-state index in [-0.39, 0.29) is 46.5 Å². The van der Waals surface area contributed by atoms with Crippen LogP contribution < -0.4 is 16.0 Å². The summed E-state index contributed by atoms with van der Waals surface area (Å²) >= 11 is 0. The first kappa shape index (κ1) is 39.1. The number of likely N-dealkylation sites (tertiary alicyclic amines) is 1. The minimum atomic E-state index is -0.752. The van der Waals surface area contributed by atoms with Crippen LogP contribution in [0.3, 0.4) is 0 Å². The topological polar surface area (TPSA) is 117 Å². The van der Waals surface area contributed by atoms with E-state index in [9.17, 15) is 19.2 Å². The summed E-state index contributed by atoms with van der Waals surface area (Å²) in [6.07, 6.45) is 8.47. The third-order valence-electron chi connectivity index (χ3n) is 7.01. The molecular weight excluding hydrogens is 532 g/mol. The number of likely N-dealkylation sites (N-methyl/N-ethyl adjacent to an activating group) is 1. The number of hydrogen-bond acceptors (Lipinski definition) is 6. The van der Waals surface area contributed by atoms with Crippen LogP contribution in [0.25, 0.3) is 0 Å². The molecule has 1 fully saturated rings. The van der Waals surface area contributed by atoms with Crippen molar-refractivity contribution in [2.45, 2.75) is 131 Å². The van der Waals surface area contributed by atoms with Crippen molar-refractivity contribution in [3.05, 3.63) is 29.8 Å². The van der Waals surface area contributed by atoms with Gasteiger partial charge in [-0.25, -0.2) is 0 Å². The predicted octanol–water partition coefficient (Wildman–Crippen LogP) is 6.56. The third-order valence-corrected chi connectivity index (χ3v) is 7.01. The molecule has 1 aromatic carbocycles. The number of nitrogens with one attached hydrogen (secondary N) is 3. The summed E-state index contributed by atoms with van der Waals surface area (Å²) < 4.78 is 4.97. The van der Waals surface area contributed by atoms with Crippen LogP contribution in [0.2, 0.25) is 0 Å². The van der Waals surface area contributed by atoms with Gasteiger partial charge in [0.2, 0.25) is 17.7 Å². The first-order valence-electron chi connectivity index (χ1n) is 15.9. The molecule has 0 radical (unpaired) electrons. The number of piperidine rings is 1. The third kappa shape index (κ3) is 14.3. The number of amides is 3. The monoisotopic (exact) mass is 596 g/mol. The molecule has 3 N–H and O–H groups in total. The largest absolute Gasteiger partial charge is 0.461 e. The lowest BCUT2D eigenvalue weighted by Gasteiger charge is -2.37. The molecule has 246 valence electrons. The van der Waals surface area contributed by atoms with Crippen molar-refractivity contribution in [2.24, 2.45) is 5.92 Å². The Labute approximate surface area is 259 Å². The zero-order valence-corrected chi connectivity index (χ0v) is 27.7. The fourth-order valence-electron chi connectivity index (χ4n) is 4.54. The van der Waals surface area contributed by atoms with E-state index in [0.29, 0.717) is 25.1 Å². The molecule has 3 atom stereocenters. The standard InChI is InChI=1S/C25H38N4O5.C6H14.C2H6.3H2/c1-6-20(26-5)25(33)29-14-8-7-9-21(29)23(31)28-22(16(2)3)24(32)27-19-12-10-18(11-13-19)15-34-17(4)30;1-3-5-6-4-2;1-2;;;/h10-13,16,20-22,26H,6-9,14-15H2,1-5H3,(H,27,32)(H,28,31);3-6H2,1-2H3;1-2H3;3*1H/t20-,21-,22-;;;;;/m0...../s1. The number of carbonyl (C=O) groups is 4. The van der Waals surface area contributed by atoms with Crippen molar-refractivity contribution in [3.63, 3.8) is 0 Å². The molecule has 1 heterocycles. The van der Waals surface area contributed by atoms with Crippen LogP contribution in [0.1, 0.15) is 117 Å². The van der Waals surface area contributed by atoms with Crippen LogP contribution in [-0.2, 0) is 30.5 Å². The number of ether oxygens (including phenoxy) is 1. The molecule has 0 spiro atoms. The van der Waals surface area contributed by atoms with Gasteiger partial charge >= 0.3 is 5.97 Å². The summed E-state index contributed by atoms with van der Waals surface area (Å²) in [6, 6.07) is 5.30. The Morgan fingerprint density at radius 1 is 1.00 bits per heavy atom. The Hall–Kier alpha value is -2.94. The average molecular weight is 597 g/mol. The van der Waals surface area contributed by atoms with E-state index in [1.807, 2.05) is 34.6 Å². The van der Waals surface area contributed by atoms with E-state index in [1.54, 1.807) is 36.2 Å². The second kappa shape index (κ2) is 22.6. The van der Waals surface area contributed by atoms with Crippen LogP contribution in [-0.4, -0.2) is 60.3 Å². The quantitative estimate of drug-likeness (QED) is 0.175. The van der Waals surface area contributed by atoms with E-state index in [4.69, 9.17) is 4.74 Å². The lowest BCUT2D eigenvalue weighted by molar-refractivity contribution is -0.144. The van der Waals surface area contributed by atoms with Crippen molar-refractivity contribution < 1.29 is 28.2 Å². The SMILES string of the molecule is CC.CCCCCC.CC[C@H](NC)C(=O)N1CCCC[C@H]1C(=O)N[C@H](C(=O)Nc1ccc(COC(C)=O)cc1)C(C)C.[HH].[HH].[HH]. The normalized spacial score (nSPS) is 15.7. The molecule has 0 aromatic heterocycles. The Morgan fingerprint density at radius 3 is 2.07 bits per heavy atom. The maximum atomic E-state index is 13.2. The molecule has 42 heavy (non-hydrogen) atoms. The van der Waals surface area contributed by atoms with Crippen LogP contribution in [0, 0.1) is 5.92 Å². The number of rotatable bonds is 13. The maximum absolute atomic E-state index is 13.2. The number of benzene rings is 1. The summed E-state index contributed by atoms with van der Waals surface area (Å²) in [7, 11) is 1.74. The van der Waals surface area contributed by atoms with Crippen LogP contribution in [0.15, 0.2) is 24.3 Å². The zero-order chi connectivity index (χ0) is 32.1. The van der Waals surface area contributed by atoms with Gasteiger partial charge in [-0.05, 0) is 56.3 Å². The van der Waals surface area contributed by atoms with E-state index >= 15 is 0 Å². The molecule has 0 aliphatic carbocycles. The van der Waals surface area contributed by atoms with E-state index in [2.05, 4.69) is 29.8 Å². The summed E-state index contributed by atoms with van der Waals surface area (Å²) in [5.74, 6) is -1.22. The van der Waals surface area contributed by atoms with E-state index in [0.717, 1.165) is 18.4 Å². The van der Waals surface area contributed by atoms with Gasteiger partial charge in [-0.2, -0.15) is 0 Å². The molecule has 9 nitrogen and oxygen atoms in total. The van der Waals surface area contributed by atoms with Gasteiger partial charge in [-0.15, -0.1) is 0 Å². The molecule has 1 aromatic rings. The molecule has 0 unspecified atom stereocenters. The highest BCUT2D eigenvalue weighted by Gasteiger charge is 2.36. The van der Waals surface area contributed by atoms with Crippen molar-refractivity contribution in [1.29, 1.82) is 0 Å². The number of carbonyl (C=O) groups excluding carboxylic acids is 4. The lowest BCUT2D eigenvalue weighted by atomic mass is 9.97. The molecule has 1 aliphatic rings. The van der Waals surface area contributed by atoms with Gasteiger partial charge in [0.05, 0.1) is 6.04 Å². The summed E-state index contributed by atoms with van der Waals surface area (Å²) in [6.45, 7) is 16.2. The Kier molecular flexibility index (Phi) is 21.0. The number of esters is 1. The first-order valence-corrected chi connectivity index (χ1v) is 15.9. The van der Waals surface area contributed by atoms with Gasteiger partial charge in [0.25, 0.3) is 0 Å². The molecule has 0 bridgehead atoms. The number of unbranched alkanes of at least 4 members (excludes halogenated alkanes) is 3. The molecule has 9 heteroatoms. The lowest BCUT2D eigenvalue weighted by Crippen LogP contribution is -2.59. The average Bonchev–Trinajstić information content (AvgIpc) is 2.99. The second-order valence-corrected chi connectivity index (χ2v) is 10.7. The van der Waals surface area contributed by atoms with Gasteiger partial charge in [0, 0.05) is 23.4 Å². The second-order valence-electron chi connectivity index (χ2n) is 10.7. The number of anilines is 1. The Balaban J connectivity index is -0.000000683. The molecule has 1 aliphatic heterocycles. The predicted molar refractivity (Wildman–Crippen MR) is 177 cm³/mol. The van der Waals surface area contributed by atoms with Gasteiger partial charge in [-0.3, -0.25) is 19.2 Å². The van der Waals surface area contributed by atoms with E-state index < -0.39 is 12.1 Å². The van der Waals surface area contributed by atoms with E-state index in [1.165, 1.54) is 32.6 Å². The molecule has 2 rings (SSSR count). The highest BCUT2D eigenvalue weighted by atomic mass is 16.5. The molecule has 1 saturated heterocycles. The highest BCUT2D eigenvalue weighted by molar-refractivity contribution is 5.98. The highest BCUT2D eigenvalue weighted by Crippen LogP contribution is 2.20. The number of hydrogen-bond donors (Lipinski definition) is 3. The molecule has 3 amide bonds. The molecular formula is C33H64N4O5. The summed E-state index contributed by atoms with van der Waals surface area (Å²) in [5.41, 5.74) is 1.38. The maximum Gasteiger partial charge on any atom is 0.302 e. The molecule has 0 saturated carbocycles. The summed E-state index contributed by atoms with van der Waals surface area (Å²) in [5, 5.41) is 8.75. The van der Waals surface area contributed by atoms with Gasteiger partial charge in [0.15, 0.2) is 0 Å². The Bertz CT molecular complexity index is 927. The van der Waals surface area contributed by atoms with Gasteiger partial charge in [-0.1, -0.05) is 86.3 Å². The smallest absolute Gasteiger partial charge is 0.302 e. The zero-order valence-electron chi connectivity index (χ0n) is 27.7. The van der Waals surface area contributed by atoms with Gasteiger partial charge in [0.1, 0.15) is 18.7 Å². The minimum Gasteiger partial charge on any atom is -0.461 e. The van der Waals surface area contributed by atoms with Crippen molar-refractivity contribution >= 4 is 29.4 Å². The van der Waals surface area contributed by atoms with Crippen LogP contribution in [0.5, 0.6) is 0 Å². The van der Waals surface area contributed by atoms with Crippen LogP contribution >= 0.6 is 0 Å². The van der Waals surface area contributed by atoms with Crippen LogP contribution in [0.4, 0.5) is 5.69 Å². The summed E-state index contributed by atoms with van der Waals surface area (Å²) in [4.78, 5) is 51.8. The number of nitrogens with zero attached hydrogens (tertiary/aromatic N) is 1. The fraction of sp³-hybridized carbons (Fsp3) is 0.697. The van der Waals surface area contributed by atoms with Gasteiger partial charge < -0.3 is 25.6 Å². The fourth-order valence-corrected chi connectivity index (χ4v) is 4.54. The van der Waals surface area contributed by atoms with Crippen molar-refractivity contribution in [1.82, 2.24) is 15.5 Å². The van der Waals surface area contributed by atoms with Crippen molar-refractivity contribution in [3.8, 4) is 0 Å². The first-order chi connectivity index (χ1) is 20.1. The van der Waals surface area contributed by atoms with Crippen molar-refractivity contribution in [2.75, 3.05) is 18.9 Å². The minimum absolute atomic E-state index is 0. The Morgan fingerprint density at radius 2 is 1.60 bits per heavy atom.